The highest BCUT2D eigenvalue weighted by atomic mass is 16.7. The number of nitrogens with zero attached hydrogens (tertiary/aromatic N) is 3. The van der Waals surface area contributed by atoms with E-state index in [4.69, 9.17) is 23.5 Å². The molecule has 3 aromatic rings. The van der Waals surface area contributed by atoms with Crippen LogP contribution in [0.2, 0.25) is 0 Å². The van der Waals surface area contributed by atoms with Crippen LogP contribution >= 0.6 is 0 Å². The molecule has 4 atom stereocenters. The van der Waals surface area contributed by atoms with Crippen LogP contribution < -0.4 is 30.2 Å². The number of hydrogen-bond acceptors (Lipinski definition) is 10. The number of likely N-dealkylation sites (N-methyl/N-ethyl adjacent to an activating group) is 1. The van der Waals surface area contributed by atoms with Crippen LogP contribution in [0.15, 0.2) is 40.9 Å². The fourth-order valence-corrected chi connectivity index (χ4v) is 5.95. The number of nitrogens with one attached hydrogen (secondary N) is 3. The molecular weight excluding hydrogens is 660 g/mol. The first kappa shape index (κ1) is 37.2. The lowest BCUT2D eigenvalue weighted by Gasteiger charge is -2.35. The van der Waals surface area contributed by atoms with E-state index in [1.807, 2.05) is 13.8 Å². The lowest BCUT2D eigenvalue weighted by molar-refractivity contribution is -0.0115. The standard InChI is InChI=1S/C36H48N6O9/c1-21-17-42(22(2)19-43)34(44)28-15-26(37-35(45)38-27-11-13-30-31(16-27)49-20-48-30)10-12-29(28)50-23(3)9-7-8-14-47-32(21)18-41(6)36(46)39-33-24(4)40-51-25(33)5/h10-13,15-16,21-23,32,43H,7-9,14,17-20H2,1-6H3,(H,39,46)(H2,37,38,45)/t21-,22+,23-,32-/m1/s1. The molecule has 2 aliphatic heterocycles. The van der Waals surface area contributed by atoms with Gasteiger partial charge in [0, 0.05) is 50.1 Å². The Morgan fingerprint density at radius 2 is 1.73 bits per heavy atom. The van der Waals surface area contributed by atoms with Gasteiger partial charge in [-0.1, -0.05) is 12.1 Å². The molecule has 0 radical (unpaired) electrons. The summed E-state index contributed by atoms with van der Waals surface area (Å²) in [6.07, 6.45) is 1.66. The number of anilines is 3. The van der Waals surface area contributed by atoms with Crippen LogP contribution in [0.4, 0.5) is 26.7 Å². The zero-order valence-corrected chi connectivity index (χ0v) is 30.0. The van der Waals surface area contributed by atoms with Gasteiger partial charge in [-0.05, 0) is 77.3 Å². The first-order valence-corrected chi connectivity index (χ1v) is 17.2. The number of ether oxygens (including phenoxy) is 4. The molecule has 15 heteroatoms. The van der Waals surface area contributed by atoms with Crippen LogP contribution in [-0.4, -0.2) is 96.4 Å². The third-order valence-corrected chi connectivity index (χ3v) is 9.01. The van der Waals surface area contributed by atoms with Crippen molar-refractivity contribution >= 4 is 35.0 Å². The monoisotopic (exact) mass is 708 g/mol. The Hall–Kier alpha value is -5.02. The second kappa shape index (κ2) is 16.8. The Labute approximate surface area is 297 Å². The van der Waals surface area contributed by atoms with Crippen molar-refractivity contribution < 1.29 is 43.0 Å². The van der Waals surface area contributed by atoms with Gasteiger partial charge in [0.15, 0.2) is 17.3 Å². The van der Waals surface area contributed by atoms with Crippen LogP contribution in [-0.2, 0) is 4.74 Å². The number of aryl methyl sites for hydroxylation is 2. The number of aliphatic hydroxyl groups is 1. The van der Waals surface area contributed by atoms with E-state index in [1.54, 1.807) is 69.1 Å². The SMILES string of the molecule is Cc1noc(C)c1NC(=O)N(C)C[C@H]1OCCCC[C@@H](C)Oc2ccc(NC(=O)Nc3ccc4c(c3)OCO4)cc2C(=O)N([C@@H](C)CO)C[C@H]1C. The molecule has 2 aromatic carbocycles. The van der Waals surface area contributed by atoms with Gasteiger partial charge in [0.05, 0.1) is 30.4 Å². The maximum Gasteiger partial charge on any atom is 0.323 e. The number of aliphatic hydroxyl groups excluding tert-OH is 1. The number of amides is 5. The average molecular weight is 709 g/mol. The van der Waals surface area contributed by atoms with Gasteiger partial charge in [0.1, 0.15) is 17.1 Å². The Kier molecular flexibility index (Phi) is 12.3. The van der Waals surface area contributed by atoms with Crippen LogP contribution in [0, 0.1) is 19.8 Å². The summed E-state index contributed by atoms with van der Waals surface area (Å²) < 4.78 is 28.6. The van der Waals surface area contributed by atoms with E-state index in [1.165, 1.54) is 4.90 Å². The van der Waals surface area contributed by atoms with Gasteiger partial charge in [0.25, 0.3) is 5.91 Å². The number of carbonyl (C=O) groups excluding carboxylic acids is 3. The van der Waals surface area contributed by atoms with E-state index in [0.29, 0.717) is 58.8 Å². The maximum atomic E-state index is 14.4. The molecule has 0 bridgehead atoms. The van der Waals surface area contributed by atoms with Crippen molar-refractivity contribution in [3.05, 3.63) is 53.4 Å². The highest BCUT2D eigenvalue weighted by molar-refractivity contribution is 6.02. The predicted molar refractivity (Wildman–Crippen MR) is 190 cm³/mol. The zero-order chi connectivity index (χ0) is 36.7. The van der Waals surface area contributed by atoms with Crippen LogP contribution in [0.3, 0.4) is 0 Å². The van der Waals surface area contributed by atoms with Crippen LogP contribution in [0.25, 0.3) is 0 Å². The molecule has 15 nitrogen and oxygen atoms in total. The Morgan fingerprint density at radius 3 is 2.43 bits per heavy atom. The predicted octanol–water partition coefficient (Wildman–Crippen LogP) is 5.62. The molecule has 51 heavy (non-hydrogen) atoms. The number of hydrogen-bond donors (Lipinski definition) is 4. The molecule has 0 fully saturated rings. The third kappa shape index (κ3) is 9.41. The summed E-state index contributed by atoms with van der Waals surface area (Å²) in [6, 6.07) is 8.58. The highest BCUT2D eigenvalue weighted by Crippen LogP contribution is 2.34. The summed E-state index contributed by atoms with van der Waals surface area (Å²) in [5.41, 5.74) is 2.21. The largest absolute Gasteiger partial charge is 0.490 e. The Morgan fingerprint density at radius 1 is 1.02 bits per heavy atom. The number of carbonyl (C=O) groups is 3. The lowest BCUT2D eigenvalue weighted by Crippen LogP contribution is -2.48. The van der Waals surface area contributed by atoms with E-state index in [2.05, 4.69) is 21.1 Å². The minimum Gasteiger partial charge on any atom is -0.490 e. The minimum absolute atomic E-state index is 0.117. The average Bonchev–Trinajstić information content (AvgIpc) is 3.70. The first-order chi connectivity index (χ1) is 24.4. The van der Waals surface area contributed by atoms with Crippen molar-refractivity contribution in [3.63, 3.8) is 0 Å². The van der Waals surface area contributed by atoms with Crippen molar-refractivity contribution in [2.75, 3.05) is 56.1 Å². The second-order valence-electron chi connectivity index (χ2n) is 13.2. The van der Waals surface area contributed by atoms with E-state index >= 15 is 0 Å². The molecule has 0 spiro atoms. The Bertz CT molecular complexity index is 1680. The maximum absolute atomic E-state index is 14.4. The summed E-state index contributed by atoms with van der Waals surface area (Å²) in [7, 11) is 1.68. The highest BCUT2D eigenvalue weighted by Gasteiger charge is 2.31. The Balaban J connectivity index is 1.36. The van der Waals surface area contributed by atoms with Crippen molar-refractivity contribution in [2.24, 2.45) is 5.92 Å². The molecule has 0 saturated heterocycles. The molecule has 0 aliphatic carbocycles. The summed E-state index contributed by atoms with van der Waals surface area (Å²) in [5, 5.41) is 22.6. The van der Waals surface area contributed by atoms with E-state index in [0.717, 1.165) is 12.8 Å². The number of aromatic nitrogens is 1. The van der Waals surface area contributed by atoms with Gasteiger partial charge in [0.2, 0.25) is 6.79 Å². The number of urea groups is 2. The molecule has 5 rings (SSSR count). The topological polar surface area (TPSA) is 177 Å². The van der Waals surface area contributed by atoms with Gasteiger partial charge < -0.3 is 54.3 Å². The quantitative estimate of drug-likeness (QED) is 0.241. The van der Waals surface area contributed by atoms with Gasteiger partial charge in [-0.15, -0.1) is 0 Å². The fourth-order valence-electron chi connectivity index (χ4n) is 5.95. The van der Waals surface area contributed by atoms with Crippen LogP contribution in [0.1, 0.15) is 61.8 Å². The van der Waals surface area contributed by atoms with Gasteiger partial charge >= 0.3 is 12.1 Å². The molecule has 1 aromatic heterocycles. The molecule has 5 amide bonds. The number of rotatable bonds is 7. The summed E-state index contributed by atoms with van der Waals surface area (Å²) in [5.74, 6) is 1.37. The molecule has 0 unspecified atom stereocenters. The van der Waals surface area contributed by atoms with Crippen molar-refractivity contribution in [1.82, 2.24) is 15.0 Å². The summed E-state index contributed by atoms with van der Waals surface area (Å²) >= 11 is 0. The molecular formula is C36H48N6O9. The van der Waals surface area contributed by atoms with Crippen molar-refractivity contribution in [2.45, 2.75) is 72.1 Å². The van der Waals surface area contributed by atoms with Gasteiger partial charge in [-0.3, -0.25) is 4.79 Å². The molecule has 4 N–H and O–H groups in total. The van der Waals surface area contributed by atoms with Crippen LogP contribution in [0.5, 0.6) is 17.2 Å². The zero-order valence-electron chi connectivity index (χ0n) is 30.0. The fraction of sp³-hybridized carbons (Fsp3) is 0.500. The van der Waals surface area contributed by atoms with Gasteiger partial charge in [-0.25, -0.2) is 9.59 Å². The minimum atomic E-state index is -0.565. The van der Waals surface area contributed by atoms with Crippen molar-refractivity contribution in [1.29, 1.82) is 0 Å². The smallest absolute Gasteiger partial charge is 0.323 e. The first-order valence-electron chi connectivity index (χ1n) is 17.2. The normalized spacial score (nSPS) is 20.0. The van der Waals surface area contributed by atoms with Gasteiger partial charge in [-0.2, -0.15) is 0 Å². The molecule has 2 aliphatic rings. The second-order valence-corrected chi connectivity index (χ2v) is 13.2. The number of benzene rings is 2. The molecule has 0 saturated carbocycles. The summed E-state index contributed by atoms with van der Waals surface area (Å²) in [6.45, 7) is 9.89. The molecule has 276 valence electrons. The van der Waals surface area contributed by atoms with E-state index in [-0.39, 0.29) is 56.0 Å². The summed E-state index contributed by atoms with van der Waals surface area (Å²) in [4.78, 5) is 43.7. The third-order valence-electron chi connectivity index (χ3n) is 9.01. The van der Waals surface area contributed by atoms with Crippen molar-refractivity contribution in [3.8, 4) is 17.2 Å². The van der Waals surface area contributed by atoms with E-state index < -0.39 is 18.2 Å². The number of fused-ring (bicyclic) bond motifs is 2. The lowest BCUT2D eigenvalue weighted by atomic mass is 10.0. The van der Waals surface area contributed by atoms with E-state index in [9.17, 15) is 19.5 Å². The molecule has 3 heterocycles.